The number of non-ortho nitro benzene ring substituents is 1. The van der Waals surface area contributed by atoms with E-state index in [1.807, 2.05) is 32.9 Å². The average molecular weight is 498 g/mol. The summed E-state index contributed by atoms with van der Waals surface area (Å²) in [4.78, 5) is 29.6. The highest BCUT2D eigenvalue weighted by molar-refractivity contribution is 6.38. The second-order valence-corrected chi connectivity index (χ2v) is 8.60. The number of nitro benzene ring substituents is 1. The molecule has 0 fully saturated rings. The number of hydrogen-bond donors (Lipinski definition) is 0. The minimum atomic E-state index is -0.520. The fourth-order valence-electron chi connectivity index (χ4n) is 4.16. The summed E-state index contributed by atoms with van der Waals surface area (Å²) in [6.07, 6.45) is 0. The van der Waals surface area contributed by atoms with E-state index >= 15 is 0 Å². The van der Waals surface area contributed by atoms with E-state index in [0.29, 0.717) is 32.8 Å². The third-order valence-corrected chi connectivity index (χ3v) is 7.02. The number of oxime groups is 1. The molecule has 0 bridgehead atoms. The van der Waals surface area contributed by atoms with Crippen LogP contribution in [-0.2, 0) is 4.94 Å². The molecule has 0 aromatic heterocycles. The van der Waals surface area contributed by atoms with E-state index in [4.69, 9.17) is 28.1 Å². The number of hydrogen-bond acceptors (Lipinski definition) is 7. The van der Waals surface area contributed by atoms with Gasteiger partial charge in [0.05, 0.1) is 21.6 Å². The Balaban J connectivity index is 1.60. The molecule has 0 saturated carbocycles. The lowest BCUT2D eigenvalue weighted by Gasteiger charge is -2.25. The van der Waals surface area contributed by atoms with E-state index in [9.17, 15) is 14.9 Å². The number of amidine groups is 1. The SMILES string of the molecule is Cc1c(Cl)c(C)c(C2=NON3N(C(=O)c4ccc([N+](=O)[O-])cc4)c4ccccc4N23)c(C)c1Cl. The molecule has 0 radical (unpaired) electrons. The van der Waals surface area contributed by atoms with Gasteiger partial charge in [0.25, 0.3) is 11.6 Å². The number of amides is 1. The highest BCUT2D eigenvalue weighted by Crippen LogP contribution is 2.45. The van der Waals surface area contributed by atoms with Crippen molar-refractivity contribution < 1.29 is 14.7 Å². The smallest absolute Gasteiger partial charge is 0.267 e. The van der Waals surface area contributed by atoms with Crippen LogP contribution in [0.2, 0.25) is 10.0 Å². The third-order valence-electron chi connectivity index (χ3n) is 5.89. The van der Waals surface area contributed by atoms with Crippen LogP contribution in [-0.4, -0.2) is 21.9 Å². The Hall–Kier alpha value is -3.66. The largest absolute Gasteiger partial charge is 0.277 e. The molecule has 0 spiro atoms. The van der Waals surface area contributed by atoms with Gasteiger partial charge >= 0.3 is 0 Å². The molecule has 11 heteroatoms. The van der Waals surface area contributed by atoms with Gasteiger partial charge < -0.3 is 0 Å². The van der Waals surface area contributed by atoms with Crippen molar-refractivity contribution in [2.24, 2.45) is 5.16 Å². The molecule has 2 aliphatic heterocycles. The summed E-state index contributed by atoms with van der Waals surface area (Å²) in [6.45, 7) is 5.60. The number of carbonyl (C=O) groups excluding carboxylic acids is 1. The van der Waals surface area contributed by atoms with Crippen LogP contribution in [0.5, 0.6) is 0 Å². The number of nitro groups is 1. The van der Waals surface area contributed by atoms with Crippen molar-refractivity contribution in [3.8, 4) is 0 Å². The molecule has 3 aromatic rings. The molecule has 2 heterocycles. The number of benzene rings is 3. The lowest BCUT2D eigenvalue weighted by Crippen LogP contribution is -2.49. The molecule has 5 rings (SSSR count). The normalized spacial score (nSPS) is 14.6. The van der Waals surface area contributed by atoms with E-state index in [0.717, 1.165) is 16.7 Å². The number of fused-ring (bicyclic) bond motifs is 3. The second kappa shape index (κ2) is 7.98. The van der Waals surface area contributed by atoms with Gasteiger partial charge in [-0.3, -0.25) is 19.8 Å². The van der Waals surface area contributed by atoms with Gasteiger partial charge in [0.1, 0.15) is 0 Å². The summed E-state index contributed by atoms with van der Waals surface area (Å²) in [5, 5.41) is 20.5. The fraction of sp³-hybridized carbons (Fsp3) is 0.130. The van der Waals surface area contributed by atoms with Crippen LogP contribution < -0.4 is 10.0 Å². The van der Waals surface area contributed by atoms with Crippen molar-refractivity contribution in [3.05, 3.63) is 96.5 Å². The van der Waals surface area contributed by atoms with Gasteiger partial charge in [-0.15, -0.1) is 0 Å². The van der Waals surface area contributed by atoms with E-state index in [1.165, 1.54) is 34.6 Å². The van der Waals surface area contributed by atoms with Crippen LogP contribution in [0.4, 0.5) is 17.1 Å². The summed E-state index contributed by atoms with van der Waals surface area (Å²) in [7, 11) is 0. The van der Waals surface area contributed by atoms with Gasteiger partial charge in [-0.05, 0) is 66.9 Å². The van der Waals surface area contributed by atoms with Gasteiger partial charge in [0, 0.05) is 33.3 Å². The summed E-state index contributed by atoms with van der Waals surface area (Å²) < 4.78 is 0. The van der Waals surface area contributed by atoms with Crippen molar-refractivity contribution in [3.63, 3.8) is 0 Å². The maximum atomic E-state index is 13.5. The molecule has 9 nitrogen and oxygen atoms in total. The first-order valence-electron chi connectivity index (χ1n) is 10.2. The van der Waals surface area contributed by atoms with E-state index in [1.54, 1.807) is 17.1 Å². The number of anilines is 2. The lowest BCUT2D eigenvalue weighted by molar-refractivity contribution is -0.384. The summed E-state index contributed by atoms with van der Waals surface area (Å²) in [5.74, 6) is -0.0278. The molecule has 2 aliphatic rings. The first kappa shape index (κ1) is 22.1. The summed E-state index contributed by atoms with van der Waals surface area (Å²) >= 11 is 13.1. The molecule has 1 amide bonds. The summed E-state index contributed by atoms with van der Waals surface area (Å²) in [6, 6.07) is 12.6. The van der Waals surface area contributed by atoms with Crippen molar-refractivity contribution in [1.82, 2.24) is 5.28 Å². The Labute approximate surface area is 204 Å². The van der Waals surface area contributed by atoms with Gasteiger partial charge in [-0.2, -0.15) is 10.0 Å². The van der Waals surface area contributed by atoms with Gasteiger partial charge in [-0.25, -0.2) is 0 Å². The molecular formula is C23H17Cl2N5O4. The molecule has 3 aromatic carbocycles. The van der Waals surface area contributed by atoms with E-state index in [-0.39, 0.29) is 11.3 Å². The average Bonchev–Trinajstić information content (AvgIpc) is 3.40. The first-order valence-corrected chi connectivity index (χ1v) is 11.0. The number of nitrogens with zero attached hydrogens (tertiary/aromatic N) is 5. The molecule has 34 heavy (non-hydrogen) atoms. The highest BCUT2D eigenvalue weighted by Gasteiger charge is 2.47. The number of rotatable bonds is 3. The predicted molar refractivity (Wildman–Crippen MR) is 129 cm³/mol. The zero-order valence-electron chi connectivity index (χ0n) is 18.2. The first-order chi connectivity index (χ1) is 16.2. The van der Waals surface area contributed by atoms with Crippen molar-refractivity contribution in [2.75, 3.05) is 10.0 Å². The monoisotopic (exact) mass is 497 g/mol. The Morgan fingerprint density at radius 3 is 2.12 bits per heavy atom. The van der Waals surface area contributed by atoms with Crippen LogP contribution in [0.1, 0.15) is 32.6 Å². The van der Waals surface area contributed by atoms with Crippen LogP contribution >= 0.6 is 23.2 Å². The van der Waals surface area contributed by atoms with Gasteiger partial charge in [0.15, 0.2) is 0 Å². The molecule has 0 saturated heterocycles. The maximum Gasteiger partial charge on any atom is 0.277 e. The minimum absolute atomic E-state index is 0.109. The fourth-order valence-corrected chi connectivity index (χ4v) is 4.59. The Morgan fingerprint density at radius 1 is 0.941 bits per heavy atom. The van der Waals surface area contributed by atoms with E-state index in [2.05, 4.69) is 5.16 Å². The number of hydrazine groups is 2. The molecule has 0 unspecified atom stereocenters. The van der Waals surface area contributed by atoms with Crippen LogP contribution in [0.25, 0.3) is 0 Å². The molecule has 0 atom stereocenters. The van der Waals surface area contributed by atoms with Crippen molar-refractivity contribution in [1.29, 1.82) is 0 Å². The van der Waals surface area contributed by atoms with Gasteiger partial charge in [0.2, 0.25) is 5.84 Å². The third kappa shape index (κ3) is 3.12. The van der Waals surface area contributed by atoms with Gasteiger partial charge in [-0.1, -0.05) is 35.3 Å². The quantitative estimate of drug-likeness (QED) is 0.338. The zero-order valence-corrected chi connectivity index (χ0v) is 19.8. The molecule has 0 aliphatic carbocycles. The lowest BCUT2D eigenvalue weighted by atomic mass is 9.98. The zero-order chi connectivity index (χ0) is 24.3. The molecule has 172 valence electrons. The van der Waals surface area contributed by atoms with Crippen LogP contribution in [0.3, 0.4) is 0 Å². The summed E-state index contributed by atoms with van der Waals surface area (Å²) in [5.41, 5.74) is 4.37. The number of carbonyl (C=O) groups is 1. The van der Waals surface area contributed by atoms with Crippen molar-refractivity contribution >= 4 is 52.0 Å². The molecule has 0 N–H and O–H groups in total. The van der Waals surface area contributed by atoms with Crippen LogP contribution in [0, 0.1) is 30.9 Å². The van der Waals surface area contributed by atoms with E-state index < -0.39 is 10.8 Å². The standard InChI is InChI=1S/C23H17Cl2N5O4/c1-12-19(13(2)21(25)14(3)20(12)24)22-26-34-30-27(22)17-6-4-5-7-18(17)28(30)23(31)15-8-10-16(11-9-15)29(32)33/h4-11H,1-3H3. The second-order valence-electron chi connectivity index (χ2n) is 7.85. The Kier molecular flexibility index (Phi) is 5.20. The number of para-hydroxylation sites is 2. The topological polar surface area (TPSA) is 91.5 Å². The predicted octanol–water partition coefficient (Wildman–Crippen LogP) is 5.73. The van der Waals surface area contributed by atoms with Crippen molar-refractivity contribution in [2.45, 2.75) is 20.8 Å². The van der Waals surface area contributed by atoms with Crippen LogP contribution in [0.15, 0.2) is 53.7 Å². The minimum Gasteiger partial charge on any atom is -0.267 e. The number of halogens is 2. The molecular weight excluding hydrogens is 481 g/mol. The highest BCUT2D eigenvalue weighted by atomic mass is 35.5. The maximum absolute atomic E-state index is 13.5. The Morgan fingerprint density at radius 2 is 1.53 bits per heavy atom. The Bertz CT molecular complexity index is 1380.